The summed E-state index contributed by atoms with van der Waals surface area (Å²) in [5, 5.41) is 0. The second kappa shape index (κ2) is 7.60. The molecule has 1 aromatic carbocycles. The summed E-state index contributed by atoms with van der Waals surface area (Å²) in [6, 6.07) is 8.24. The van der Waals surface area contributed by atoms with Crippen LogP contribution in [0.2, 0.25) is 0 Å². The highest BCUT2D eigenvalue weighted by Gasteiger charge is 1.97. The van der Waals surface area contributed by atoms with E-state index < -0.39 is 0 Å². The third kappa shape index (κ3) is 3.43. The fourth-order valence-corrected chi connectivity index (χ4v) is 2.33. The van der Waals surface area contributed by atoms with Crippen molar-refractivity contribution in [2.45, 2.75) is 27.7 Å². The van der Waals surface area contributed by atoms with Crippen LogP contribution in [0.1, 0.15) is 27.7 Å². The van der Waals surface area contributed by atoms with E-state index in [1.54, 1.807) is 11.3 Å². The van der Waals surface area contributed by atoms with Gasteiger partial charge in [0.2, 0.25) is 0 Å². The van der Waals surface area contributed by atoms with Gasteiger partial charge in [0.25, 0.3) is 0 Å². The number of nitrogens with zero attached hydrogens (tertiary/aromatic N) is 1. The quantitative estimate of drug-likeness (QED) is 0.586. The molecular formula is C12H19NS2. The van der Waals surface area contributed by atoms with Gasteiger partial charge in [-0.2, -0.15) is 0 Å². The number of hydrogen-bond donors (Lipinski definition) is 0. The topological polar surface area (TPSA) is 4.93 Å². The van der Waals surface area contributed by atoms with Gasteiger partial charge in [0.05, 0.1) is 10.2 Å². The molecule has 0 unspecified atom stereocenters. The van der Waals surface area contributed by atoms with E-state index in [2.05, 4.69) is 12.1 Å². The fraction of sp³-hybridized carbons (Fsp3) is 0.417. The summed E-state index contributed by atoms with van der Waals surface area (Å²) in [5.74, 6) is 0. The molecule has 0 fully saturated rings. The lowest BCUT2D eigenvalue weighted by Crippen LogP contribution is -1.84. The zero-order chi connectivity index (χ0) is 11.8. The van der Waals surface area contributed by atoms with Crippen molar-refractivity contribution in [2.24, 2.45) is 7.05 Å². The van der Waals surface area contributed by atoms with Crippen molar-refractivity contribution in [3.63, 3.8) is 0 Å². The highest BCUT2D eigenvalue weighted by atomic mass is 32.1. The fourth-order valence-electron chi connectivity index (χ4n) is 1.08. The van der Waals surface area contributed by atoms with Crippen molar-refractivity contribution in [3.8, 4) is 0 Å². The Hall–Kier alpha value is -0.670. The number of benzene rings is 1. The van der Waals surface area contributed by atoms with Gasteiger partial charge < -0.3 is 4.57 Å². The van der Waals surface area contributed by atoms with Crippen LogP contribution in [0.3, 0.4) is 0 Å². The van der Waals surface area contributed by atoms with Gasteiger partial charge in [0.15, 0.2) is 3.95 Å². The van der Waals surface area contributed by atoms with Crippen molar-refractivity contribution in [3.05, 3.63) is 28.2 Å². The molecule has 0 aliphatic heterocycles. The van der Waals surface area contributed by atoms with E-state index in [1.807, 2.05) is 51.4 Å². The number of thiazole rings is 1. The molecule has 0 radical (unpaired) electrons. The smallest absolute Gasteiger partial charge is 0.161 e. The van der Waals surface area contributed by atoms with Gasteiger partial charge in [-0.15, -0.1) is 11.3 Å². The maximum Gasteiger partial charge on any atom is 0.161 e. The Morgan fingerprint density at radius 1 is 1.07 bits per heavy atom. The Kier molecular flexibility index (Phi) is 7.26. The molecule has 84 valence electrons. The molecule has 0 atom stereocenters. The zero-order valence-electron chi connectivity index (χ0n) is 10.1. The number of aryl methyl sites for hydroxylation is 1. The van der Waals surface area contributed by atoms with Crippen LogP contribution in [-0.4, -0.2) is 4.57 Å². The average Bonchev–Trinajstić information content (AvgIpc) is 2.61. The minimum absolute atomic E-state index is 0.936. The van der Waals surface area contributed by atoms with E-state index in [4.69, 9.17) is 12.2 Å². The third-order valence-electron chi connectivity index (χ3n) is 1.70. The second-order valence-corrected chi connectivity index (χ2v) is 4.07. The molecule has 0 bridgehead atoms. The van der Waals surface area contributed by atoms with Gasteiger partial charge in [0.1, 0.15) is 0 Å². The monoisotopic (exact) mass is 241 g/mol. The summed E-state index contributed by atoms with van der Waals surface area (Å²) < 4.78 is 4.24. The standard InChI is InChI=1S/C8H7NS2.2C2H6/c1-9-6-4-2-3-5-7(6)11-8(9)10;2*1-2/h2-5H,1H3;2*1-2H3. The molecule has 1 heterocycles. The summed E-state index contributed by atoms with van der Waals surface area (Å²) in [5.41, 5.74) is 1.22. The number of rotatable bonds is 0. The first-order valence-electron chi connectivity index (χ1n) is 5.33. The first kappa shape index (κ1) is 14.3. The van der Waals surface area contributed by atoms with Crippen molar-refractivity contribution < 1.29 is 0 Å². The van der Waals surface area contributed by atoms with Gasteiger partial charge in [-0.05, 0) is 24.4 Å². The summed E-state index contributed by atoms with van der Waals surface area (Å²) in [6.07, 6.45) is 0. The summed E-state index contributed by atoms with van der Waals surface area (Å²) in [7, 11) is 2.00. The molecule has 0 amide bonds. The van der Waals surface area contributed by atoms with E-state index in [9.17, 15) is 0 Å². The molecule has 0 saturated carbocycles. The maximum absolute atomic E-state index is 5.14. The van der Waals surface area contributed by atoms with Crippen LogP contribution in [0, 0.1) is 3.95 Å². The van der Waals surface area contributed by atoms with Crippen molar-refractivity contribution in [1.29, 1.82) is 0 Å². The normalized spacial score (nSPS) is 8.60. The highest BCUT2D eigenvalue weighted by Crippen LogP contribution is 2.20. The number of fused-ring (bicyclic) bond motifs is 1. The summed E-state index contributed by atoms with van der Waals surface area (Å²) in [6.45, 7) is 8.00. The van der Waals surface area contributed by atoms with Crippen LogP contribution >= 0.6 is 23.6 Å². The minimum Gasteiger partial charge on any atom is -0.326 e. The molecule has 15 heavy (non-hydrogen) atoms. The molecule has 0 saturated heterocycles. The highest BCUT2D eigenvalue weighted by molar-refractivity contribution is 7.73. The molecule has 1 nitrogen and oxygen atoms in total. The van der Waals surface area contributed by atoms with E-state index in [1.165, 1.54) is 10.2 Å². The zero-order valence-corrected chi connectivity index (χ0v) is 11.7. The Labute approximate surface area is 101 Å². The van der Waals surface area contributed by atoms with Gasteiger partial charge in [-0.1, -0.05) is 39.8 Å². The van der Waals surface area contributed by atoms with Crippen LogP contribution in [-0.2, 0) is 7.05 Å². The van der Waals surface area contributed by atoms with E-state index in [0.717, 1.165) is 3.95 Å². The number of aromatic nitrogens is 1. The van der Waals surface area contributed by atoms with Crippen LogP contribution < -0.4 is 0 Å². The van der Waals surface area contributed by atoms with Gasteiger partial charge in [-0.25, -0.2) is 0 Å². The molecule has 2 rings (SSSR count). The Morgan fingerprint density at radius 3 is 2.13 bits per heavy atom. The lowest BCUT2D eigenvalue weighted by molar-refractivity contribution is 0.964. The predicted octanol–water partition coefficient (Wildman–Crippen LogP) is 5.02. The lowest BCUT2D eigenvalue weighted by Gasteiger charge is -1.91. The largest absolute Gasteiger partial charge is 0.326 e. The first-order chi connectivity index (χ1) is 7.29. The van der Waals surface area contributed by atoms with Crippen molar-refractivity contribution in [2.75, 3.05) is 0 Å². The Balaban J connectivity index is 0.000000442. The lowest BCUT2D eigenvalue weighted by atomic mass is 10.3. The SMILES string of the molecule is CC.CC.Cn1c(=S)sc2ccccc21. The van der Waals surface area contributed by atoms with Crippen LogP contribution in [0.15, 0.2) is 24.3 Å². The Bertz CT molecular complexity index is 440. The van der Waals surface area contributed by atoms with Crippen LogP contribution in [0.4, 0.5) is 0 Å². The first-order valence-corrected chi connectivity index (χ1v) is 6.56. The van der Waals surface area contributed by atoms with Crippen LogP contribution in [0.5, 0.6) is 0 Å². The second-order valence-electron chi connectivity index (χ2n) is 2.39. The molecule has 0 spiro atoms. The average molecular weight is 241 g/mol. The van der Waals surface area contributed by atoms with Crippen molar-refractivity contribution >= 4 is 33.8 Å². The number of para-hydroxylation sites is 1. The van der Waals surface area contributed by atoms with E-state index in [0.29, 0.717) is 0 Å². The summed E-state index contributed by atoms with van der Waals surface area (Å²) >= 11 is 6.79. The van der Waals surface area contributed by atoms with E-state index in [-0.39, 0.29) is 0 Å². The third-order valence-corrected chi connectivity index (χ3v) is 3.24. The molecule has 0 aliphatic rings. The van der Waals surface area contributed by atoms with Crippen LogP contribution in [0.25, 0.3) is 10.2 Å². The Morgan fingerprint density at radius 2 is 1.60 bits per heavy atom. The van der Waals surface area contributed by atoms with Gasteiger partial charge in [0, 0.05) is 7.05 Å². The maximum atomic E-state index is 5.14. The molecular weight excluding hydrogens is 222 g/mol. The molecule has 0 aliphatic carbocycles. The van der Waals surface area contributed by atoms with Crippen molar-refractivity contribution in [1.82, 2.24) is 4.57 Å². The molecule has 3 heteroatoms. The predicted molar refractivity (Wildman–Crippen MR) is 74.3 cm³/mol. The van der Waals surface area contributed by atoms with Gasteiger partial charge >= 0.3 is 0 Å². The molecule has 1 aromatic heterocycles. The van der Waals surface area contributed by atoms with E-state index >= 15 is 0 Å². The molecule has 2 aromatic rings. The summed E-state index contributed by atoms with van der Waals surface area (Å²) in [4.78, 5) is 0. The van der Waals surface area contributed by atoms with Gasteiger partial charge in [-0.3, -0.25) is 0 Å². The number of hydrogen-bond acceptors (Lipinski definition) is 2. The minimum atomic E-state index is 0.936. The molecule has 0 N–H and O–H groups in total.